The highest BCUT2D eigenvalue weighted by molar-refractivity contribution is 5.72. The Morgan fingerprint density at radius 2 is 2.00 bits per heavy atom. The predicted molar refractivity (Wildman–Crippen MR) is 103 cm³/mol. The topological polar surface area (TPSA) is 61.5 Å². The zero-order chi connectivity index (χ0) is 19.2. The maximum Gasteiger partial charge on any atom is 0.311 e. The number of halogens is 1. The molecular formula is C22H32FNO3. The first-order valence-corrected chi connectivity index (χ1v) is 10.4. The third kappa shape index (κ3) is 5.08. The fraction of sp³-hybridized carbons (Fsp3) is 0.682. The maximum atomic E-state index is 14.8. The van der Waals surface area contributed by atoms with Crippen LogP contribution in [-0.2, 0) is 16.0 Å². The number of fused-ring (bicyclic) bond motifs is 4. The molecule has 150 valence electrons. The number of ether oxygens (including phenoxy) is 2. The fourth-order valence-corrected chi connectivity index (χ4v) is 4.64. The summed E-state index contributed by atoms with van der Waals surface area (Å²) in [5.74, 6) is 0.292. The normalized spacial score (nSPS) is 24.6. The number of nitrogens with two attached hydrogens (primary N) is 1. The van der Waals surface area contributed by atoms with Crippen molar-refractivity contribution >= 4 is 5.97 Å². The van der Waals surface area contributed by atoms with Crippen LogP contribution in [0.1, 0.15) is 74.8 Å². The molecule has 2 N–H and O–H groups in total. The molecule has 27 heavy (non-hydrogen) atoms. The highest BCUT2D eigenvalue weighted by atomic mass is 19.1. The van der Waals surface area contributed by atoms with Crippen LogP contribution >= 0.6 is 0 Å². The minimum Gasteiger partial charge on any atom is -0.426 e. The van der Waals surface area contributed by atoms with Crippen LogP contribution in [0.3, 0.4) is 0 Å². The van der Waals surface area contributed by atoms with Crippen molar-refractivity contribution in [1.82, 2.24) is 0 Å². The molecule has 4 nitrogen and oxygen atoms in total. The molecule has 0 saturated heterocycles. The van der Waals surface area contributed by atoms with Crippen molar-refractivity contribution in [2.24, 2.45) is 11.7 Å². The molecule has 1 unspecified atom stereocenters. The third-order valence-corrected chi connectivity index (χ3v) is 6.13. The smallest absolute Gasteiger partial charge is 0.311 e. The van der Waals surface area contributed by atoms with Gasteiger partial charge in [0.1, 0.15) is 11.6 Å². The van der Waals surface area contributed by atoms with E-state index < -0.39 is 0 Å². The summed E-state index contributed by atoms with van der Waals surface area (Å²) < 4.78 is 25.2. The quantitative estimate of drug-likeness (QED) is 0.432. The van der Waals surface area contributed by atoms with E-state index >= 15 is 0 Å². The van der Waals surface area contributed by atoms with Gasteiger partial charge in [-0.2, -0.15) is 0 Å². The van der Waals surface area contributed by atoms with Crippen LogP contribution in [0.25, 0.3) is 0 Å². The Morgan fingerprint density at radius 3 is 2.81 bits per heavy atom. The van der Waals surface area contributed by atoms with E-state index in [4.69, 9.17) is 15.2 Å². The SMILES string of the molecule is COCCCCCC(=O)Oc1cc(F)c2c(c1)[C@H]1CCCCCC(C2)[C@@H]1N. The molecule has 1 saturated carbocycles. The van der Waals surface area contributed by atoms with E-state index in [2.05, 4.69) is 0 Å². The van der Waals surface area contributed by atoms with Crippen molar-refractivity contribution in [2.75, 3.05) is 13.7 Å². The number of unbranched alkanes of at least 4 members (excludes halogenated alkanes) is 2. The number of hydrogen-bond donors (Lipinski definition) is 1. The zero-order valence-corrected chi connectivity index (χ0v) is 16.3. The number of benzene rings is 1. The molecule has 2 bridgehead atoms. The van der Waals surface area contributed by atoms with E-state index in [-0.39, 0.29) is 23.7 Å². The molecule has 0 spiro atoms. The van der Waals surface area contributed by atoms with Crippen molar-refractivity contribution < 1.29 is 18.7 Å². The second-order valence-electron chi connectivity index (χ2n) is 8.04. The van der Waals surface area contributed by atoms with E-state index in [1.807, 2.05) is 6.07 Å². The molecule has 2 aliphatic carbocycles. The van der Waals surface area contributed by atoms with Crippen molar-refractivity contribution in [1.29, 1.82) is 0 Å². The molecular weight excluding hydrogens is 345 g/mol. The Hall–Kier alpha value is -1.46. The summed E-state index contributed by atoms with van der Waals surface area (Å²) in [4.78, 5) is 12.1. The van der Waals surface area contributed by atoms with Gasteiger partial charge in [0.2, 0.25) is 0 Å². The molecule has 1 aromatic rings. The van der Waals surface area contributed by atoms with Crippen molar-refractivity contribution in [3.05, 3.63) is 29.1 Å². The van der Waals surface area contributed by atoms with Gasteiger partial charge in [-0.1, -0.05) is 25.7 Å². The first-order valence-electron chi connectivity index (χ1n) is 10.4. The van der Waals surface area contributed by atoms with Crippen LogP contribution in [0.5, 0.6) is 5.75 Å². The van der Waals surface area contributed by atoms with Crippen molar-refractivity contribution in [3.8, 4) is 5.75 Å². The van der Waals surface area contributed by atoms with Crippen LogP contribution < -0.4 is 10.5 Å². The lowest BCUT2D eigenvalue weighted by molar-refractivity contribution is -0.134. The Morgan fingerprint density at radius 1 is 1.19 bits per heavy atom. The number of methoxy groups -OCH3 is 1. The second kappa shape index (κ2) is 9.65. The first-order chi connectivity index (χ1) is 13.1. The highest BCUT2D eigenvalue weighted by Crippen LogP contribution is 2.43. The summed E-state index contributed by atoms with van der Waals surface area (Å²) in [5, 5.41) is 0. The number of carbonyl (C=O) groups excluding carboxylic acids is 1. The molecule has 3 rings (SSSR count). The number of hydrogen-bond acceptors (Lipinski definition) is 4. The van der Waals surface area contributed by atoms with Gasteiger partial charge in [0.15, 0.2) is 0 Å². The predicted octanol–water partition coefficient (Wildman–Crippen LogP) is 4.49. The van der Waals surface area contributed by atoms with Gasteiger partial charge in [0.25, 0.3) is 0 Å². The summed E-state index contributed by atoms with van der Waals surface area (Å²) in [6.45, 7) is 0.702. The van der Waals surface area contributed by atoms with Gasteiger partial charge >= 0.3 is 5.97 Å². The monoisotopic (exact) mass is 377 g/mol. The molecule has 1 fully saturated rings. The van der Waals surface area contributed by atoms with Gasteiger partial charge in [-0.15, -0.1) is 0 Å². The average molecular weight is 378 g/mol. The molecule has 1 aromatic carbocycles. The van der Waals surface area contributed by atoms with Crippen molar-refractivity contribution in [3.63, 3.8) is 0 Å². The number of rotatable bonds is 7. The summed E-state index contributed by atoms with van der Waals surface area (Å²) in [5.41, 5.74) is 8.28. The van der Waals surface area contributed by atoms with Gasteiger partial charge in [0, 0.05) is 32.2 Å². The summed E-state index contributed by atoms with van der Waals surface area (Å²) >= 11 is 0. The van der Waals surface area contributed by atoms with Crippen LogP contribution in [-0.4, -0.2) is 25.7 Å². The second-order valence-corrected chi connectivity index (χ2v) is 8.04. The van der Waals surface area contributed by atoms with E-state index in [0.717, 1.165) is 49.7 Å². The highest BCUT2D eigenvalue weighted by Gasteiger charge is 2.36. The summed E-state index contributed by atoms with van der Waals surface area (Å²) in [6, 6.07) is 3.31. The van der Waals surface area contributed by atoms with E-state index in [0.29, 0.717) is 31.1 Å². The van der Waals surface area contributed by atoms with E-state index in [9.17, 15) is 9.18 Å². The zero-order valence-electron chi connectivity index (χ0n) is 16.3. The molecule has 0 heterocycles. The minimum atomic E-state index is -0.303. The Bertz CT molecular complexity index is 649. The van der Waals surface area contributed by atoms with Crippen LogP contribution in [0, 0.1) is 11.7 Å². The van der Waals surface area contributed by atoms with E-state index in [1.54, 1.807) is 7.11 Å². The Kier molecular flexibility index (Phi) is 7.25. The summed E-state index contributed by atoms with van der Waals surface area (Å²) in [7, 11) is 1.67. The molecule has 5 heteroatoms. The third-order valence-electron chi connectivity index (χ3n) is 6.13. The lowest BCUT2D eigenvalue weighted by Gasteiger charge is -2.39. The van der Waals surface area contributed by atoms with Crippen LogP contribution in [0.15, 0.2) is 12.1 Å². The maximum absolute atomic E-state index is 14.8. The molecule has 0 aliphatic heterocycles. The van der Waals surface area contributed by atoms with Gasteiger partial charge in [-0.25, -0.2) is 4.39 Å². The van der Waals surface area contributed by atoms with Gasteiger partial charge in [0.05, 0.1) is 0 Å². The fourth-order valence-electron chi connectivity index (χ4n) is 4.64. The summed E-state index contributed by atoms with van der Waals surface area (Å²) in [6.07, 6.45) is 9.23. The lowest BCUT2D eigenvalue weighted by Crippen LogP contribution is -2.42. The lowest BCUT2D eigenvalue weighted by atomic mass is 9.68. The molecule has 2 aliphatic rings. The Labute approximate surface area is 161 Å². The molecule has 0 amide bonds. The number of carbonyl (C=O) groups is 1. The standard InChI is InChI=1S/C22H32FNO3/c1-26-11-7-3-6-10-21(25)27-16-13-18-17-9-5-2-4-8-15(22(17)24)12-19(18)20(23)14-16/h13-15,17,22H,2-12,24H2,1H3/t15?,17-,22+/m1/s1. The van der Waals surface area contributed by atoms with Crippen LogP contribution in [0.2, 0.25) is 0 Å². The van der Waals surface area contributed by atoms with E-state index in [1.165, 1.54) is 18.9 Å². The van der Waals surface area contributed by atoms with Crippen molar-refractivity contribution in [2.45, 2.75) is 76.2 Å². The largest absolute Gasteiger partial charge is 0.426 e. The van der Waals surface area contributed by atoms with Gasteiger partial charge in [-0.3, -0.25) is 4.79 Å². The van der Waals surface area contributed by atoms with Gasteiger partial charge < -0.3 is 15.2 Å². The van der Waals surface area contributed by atoms with Crippen LogP contribution in [0.4, 0.5) is 4.39 Å². The Balaban J connectivity index is 1.69. The molecule has 0 radical (unpaired) electrons. The number of esters is 1. The molecule has 3 atom stereocenters. The van der Waals surface area contributed by atoms with Gasteiger partial charge in [-0.05, 0) is 61.1 Å². The average Bonchev–Trinajstić information content (AvgIpc) is 2.63. The first kappa shape index (κ1) is 20.3. The molecule has 0 aromatic heterocycles. The minimum absolute atomic E-state index is 0.0731.